The molecule has 1 fully saturated rings. The summed E-state index contributed by atoms with van der Waals surface area (Å²) in [6, 6.07) is 9.33. The summed E-state index contributed by atoms with van der Waals surface area (Å²) in [5, 5.41) is 9.01. The molecule has 28 heavy (non-hydrogen) atoms. The first-order chi connectivity index (χ1) is 13.7. The lowest BCUT2D eigenvalue weighted by atomic mass is 9.83. The molecular weight excluding hydrogens is 356 g/mol. The number of imidazole rings is 1. The average molecular weight is 382 g/mol. The molecule has 7 nitrogen and oxygen atoms in total. The van der Waals surface area contributed by atoms with Crippen LogP contribution >= 0.6 is 0 Å². The lowest BCUT2D eigenvalue weighted by molar-refractivity contribution is -0.133. The standard InChI is InChI=1S/C21H26N4O3/c26-13-9-18(27)24-10-6-15(7-11-24)20-19-17(22-14-23-19)8-12-25(20)21(28)16-4-2-1-3-5-16/h1-5,14-15,20,26H,6-13H2,(H,22,23). The van der Waals surface area contributed by atoms with Crippen LogP contribution in [-0.2, 0) is 11.2 Å². The van der Waals surface area contributed by atoms with Crippen molar-refractivity contribution in [3.8, 4) is 0 Å². The molecule has 4 rings (SSSR count). The number of piperidine rings is 1. The number of fused-ring (bicyclic) bond motifs is 1. The van der Waals surface area contributed by atoms with E-state index in [1.165, 1.54) is 0 Å². The van der Waals surface area contributed by atoms with Gasteiger partial charge in [-0.2, -0.15) is 0 Å². The highest BCUT2D eigenvalue weighted by Crippen LogP contribution is 2.39. The van der Waals surface area contributed by atoms with Crippen molar-refractivity contribution in [2.75, 3.05) is 26.2 Å². The monoisotopic (exact) mass is 382 g/mol. The van der Waals surface area contributed by atoms with Crippen LogP contribution in [0.5, 0.6) is 0 Å². The van der Waals surface area contributed by atoms with E-state index in [2.05, 4.69) is 9.97 Å². The van der Waals surface area contributed by atoms with Crippen LogP contribution in [0.3, 0.4) is 0 Å². The number of aromatic amines is 1. The van der Waals surface area contributed by atoms with Gasteiger partial charge < -0.3 is 19.9 Å². The third kappa shape index (κ3) is 3.54. The summed E-state index contributed by atoms with van der Waals surface area (Å²) < 4.78 is 0. The molecule has 0 bridgehead atoms. The Bertz CT molecular complexity index is 827. The lowest BCUT2D eigenvalue weighted by Gasteiger charge is -2.43. The molecule has 0 aliphatic carbocycles. The minimum absolute atomic E-state index is 0.00210. The van der Waals surface area contributed by atoms with Gasteiger partial charge in [0.05, 0.1) is 24.7 Å². The van der Waals surface area contributed by atoms with Crippen LogP contribution in [0.15, 0.2) is 36.7 Å². The van der Waals surface area contributed by atoms with E-state index in [0.29, 0.717) is 25.2 Å². The molecule has 1 saturated heterocycles. The van der Waals surface area contributed by atoms with E-state index in [0.717, 1.165) is 30.7 Å². The van der Waals surface area contributed by atoms with Gasteiger partial charge in [-0.3, -0.25) is 9.59 Å². The number of nitrogens with one attached hydrogen (secondary N) is 1. The van der Waals surface area contributed by atoms with Crippen LogP contribution < -0.4 is 0 Å². The zero-order chi connectivity index (χ0) is 19.5. The van der Waals surface area contributed by atoms with E-state index >= 15 is 0 Å². The molecule has 0 saturated carbocycles. The first-order valence-corrected chi connectivity index (χ1v) is 9.96. The summed E-state index contributed by atoms with van der Waals surface area (Å²) in [6.07, 6.45) is 4.32. The number of amides is 2. The number of carbonyl (C=O) groups excluding carboxylic acids is 2. The van der Waals surface area contributed by atoms with Crippen LogP contribution in [0.1, 0.15) is 47.1 Å². The van der Waals surface area contributed by atoms with Crippen LogP contribution in [0, 0.1) is 5.92 Å². The summed E-state index contributed by atoms with van der Waals surface area (Å²) in [5.74, 6) is 0.300. The first kappa shape index (κ1) is 18.7. The third-order valence-electron chi connectivity index (χ3n) is 5.92. The number of aliphatic hydroxyl groups excluding tert-OH is 1. The van der Waals surface area contributed by atoms with Crippen LogP contribution in [0.2, 0.25) is 0 Å². The minimum Gasteiger partial charge on any atom is -0.396 e. The van der Waals surface area contributed by atoms with Crippen molar-refractivity contribution in [3.63, 3.8) is 0 Å². The van der Waals surface area contributed by atoms with E-state index in [9.17, 15) is 9.59 Å². The first-order valence-electron chi connectivity index (χ1n) is 9.96. The van der Waals surface area contributed by atoms with Gasteiger partial charge in [0, 0.05) is 43.7 Å². The van der Waals surface area contributed by atoms with Gasteiger partial charge in [-0.15, -0.1) is 0 Å². The van der Waals surface area contributed by atoms with Gasteiger partial charge in [-0.1, -0.05) is 18.2 Å². The van der Waals surface area contributed by atoms with Crippen molar-refractivity contribution in [2.24, 2.45) is 5.92 Å². The highest BCUT2D eigenvalue weighted by atomic mass is 16.3. The summed E-state index contributed by atoms with van der Waals surface area (Å²) in [5.41, 5.74) is 2.78. The molecule has 2 aromatic rings. The second kappa shape index (κ2) is 8.14. The van der Waals surface area contributed by atoms with Crippen molar-refractivity contribution in [1.82, 2.24) is 19.8 Å². The van der Waals surface area contributed by atoms with Crippen molar-refractivity contribution in [3.05, 3.63) is 53.6 Å². The Morgan fingerprint density at radius 3 is 2.61 bits per heavy atom. The lowest BCUT2D eigenvalue weighted by Crippen LogP contribution is -2.47. The SMILES string of the molecule is O=C(CCO)N1CCC(C2c3nc[nH]c3CCN2C(=O)c2ccccc2)CC1. The fraction of sp³-hybridized carbons (Fsp3) is 0.476. The van der Waals surface area contributed by atoms with Crippen molar-refractivity contribution in [2.45, 2.75) is 31.7 Å². The predicted octanol–water partition coefficient (Wildman–Crippen LogP) is 1.77. The third-order valence-corrected chi connectivity index (χ3v) is 5.92. The molecule has 7 heteroatoms. The number of nitrogens with zero attached hydrogens (tertiary/aromatic N) is 3. The van der Waals surface area contributed by atoms with E-state index in [-0.39, 0.29) is 36.8 Å². The number of aliphatic hydroxyl groups is 1. The van der Waals surface area contributed by atoms with Crippen LogP contribution in [0.4, 0.5) is 0 Å². The normalized spacial score (nSPS) is 20.1. The van der Waals surface area contributed by atoms with E-state index in [1.54, 1.807) is 6.33 Å². The fourth-order valence-electron chi connectivity index (χ4n) is 4.48. The second-order valence-corrected chi connectivity index (χ2v) is 7.52. The molecule has 3 heterocycles. The van der Waals surface area contributed by atoms with Crippen LogP contribution in [-0.4, -0.2) is 62.9 Å². The molecule has 1 aromatic heterocycles. The molecular formula is C21H26N4O3. The highest BCUT2D eigenvalue weighted by Gasteiger charge is 2.40. The summed E-state index contributed by atoms with van der Waals surface area (Å²) >= 11 is 0. The number of rotatable bonds is 4. The van der Waals surface area contributed by atoms with Crippen LogP contribution in [0.25, 0.3) is 0 Å². The predicted molar refractivity (Wildman–Crippen MR) is 104 cm³/mol. The number of likely N-dealkylation sites (tertiary alicyclic amines) is 1. The minimum atomic E-state index is -0.114. The maximum absolute atomic E-state index is 13.2. The van der Waals surface area contributed by atoms with Gasteiger partial charge in [0.15, 0.2) is 0 Å². The van der Waals surface area contributed by atoms with E-state index in [1.807, 2.05) is 40.1 Å². The molecule has 1 unspecified atom stereocenters. The van der Waals surface area contributed by atoms with E-state index < -0.39 is 0 Å². The van der Waals surface area contributed by atoms with Gasteiger partial charge in [0.1, 0.15) is 0 Å². The molecule has 148 valence electrons. The topological polar surface area (TPSA) is 89.5 Å². The second-order valence-electron chi connectivity index (χ2n) is 7.52. The molecule has 0 radical (unpaired) electrons. The van der Waals surface area contributed by atoms with Gasteiger partial charge in [0.25, 0.3) is 5.91 Å². The Morgan fingerprint density at radius 2 is 1.89 bits per heavy atom. The Kier molecular flexibility index (Phi) is 5.43. The van der Waals surface area contributed by atoms with Gasteiger partial charge >= 0.3 is 0 Å². The number of hydrogen-bond donors (Lipinski definition) is 2. The highest BCUT2D eigenvalue weighted by molar-refractivity contribution is 5.94. The number of H-pyrrole nitrogens is 1. The van der Waals surface area contributed by atoms with Gasteiger partial charge in [-0.25, -0.2) is 4.98 Å². The molecule has 1 atom stereocenters. The Morgan fingerprint density at radius 1 is 1.14 bits per heavy atom. The zero-order valence-electron chi connectivity index (χ0n) is 15.9. The number of carbonyl (C=O) groups is 2. The molecule has 2 N–H and O–H groups in total. The number of aromatic nitrogens is 2. The molecule has 2 aliphatic rings. The summed E-state index contributed by atoms with van der Waals surface area (Å²) in [6.45, 7) is 1.87. The smallest absolute Gasteiger partial charge is 0.254 e. The van der Waals surface area contributed by atoms with Gasteiger partial charge in [0.2, 0.25) is 5.91 Å². The van der Waals surface area contributed by atoms with Crippen molar-refractivity contribution >= 4 is 11.8 Å². The Hall–Kier alpha value is -2.67. The quantitative estimate of drug-likeness (QED) is 0.843. The molecule has 1 aromatic carbocycles. The fourth-order valence-corrected chi connectivity index (χ4v) is 4.48. The summed E-state index contributed by atoms with van der Waals surface area (Å²) in [4.78, 5) is 36.9. The van der Waals surface area contributed by atoms with Crippen molar-refractivity contribution < 1.29 is 14.7 Å². The maximum atomic E-state index is 13.2. The average Bonchev–Trinajstić information content (AvgIpc) is 3.22. The number of hydrogen-bond acceptors (Lipinski definition) is 4. The Labute approximate surface area is 164 Å². The summed E-state index contributed by atoms with van der Waals surface area (Å²) in [7, 11) is 0. The van der Waals surface area contributed by atoms with E-state index in [4.69, 9.17) is 5.11 Å². The molecule has 2 aliphatic heterocycles. The molecule has 2 amide bonds. The van der Waals surface area contributed by atoms with Gasteiger partial charge in [-0.05, 0) is 30.9 Å². The molecule has 0 spiro atoms. The largest absolute Gasteiger partial charge is 0.396 e. The Balaban J connectivity index is 1.56. The van der Waals surface area contributed by atoms with Crippen molar-refractivity contribution in [1.29, 1.82) is 0 Å². The maximum Gasteiger partial charge on any atom is 0.254 e. The number of benzene rings is 1. The zero-order valence-corrected chi connectivity index (χ0v) is 15.9.